The summed E-state index contributed by atoms with van der Waals surface area (Å²) in [5.41, 5.74) is -0.638. The Hall–Kier alpha value is 0.1000. The molecule has 3 nitrogen and oxygen atoms in total. The Morgan fingerprint density at radius 2 is 2.50 bits per heavy atom. The molecule has 5 heteroatoms. The first-order chi connectivity index (χ1) is 3.66. The van der Waals surface area contributed by atoms with Gasteiger partial charge in [0.1, 0.15) is 5.50 Å². The van der Waals surface area contributed by atoms with Crippen molar-refractivity contribution in [2.75, 3.05) is 0 Å². The predicted molar refractivity (Wildman–Crippen MR) is 33.7 cm³/mol. The lowest BCUT2D eigenvalue weighted by molar-refractivity contribution is 0.550. The molecule has 2 N–H and O–H groups in total. The minimum Gasteiger partial charge on any atom is -0.294 e. The van der Waals surface area contributed by atoms with Crippen LogP contribution in [0.3, 0.4) is 0 Å². The van der Waals surface area contributed by atoms with Gasteiger partial charge in [0.15, 0.2) is 0 Å². The number of rotatable bonds is 3. The number of hydrogen-bond acceptors (Lipinski definition) is 1. The summed E-state index contributed by atoms with van der Waals surface area (Å²) in [5, 5.41) is 0. The molecule has 0 bridgehead atoms. The van der Waals surface area contributed by atoms with Gasteiger partial charge in [0, 0.05) is 0 Å². The van der Waals surface area contributed by atoms with Gasteiger partial charge in [-0.15, -0.1) is 18.2 Å². The van der Waals surface area contributed by atoms with Crippen molar-refractivity contribution in [3.05, 3.63) is 12.7 Å². The van der Waals surface area contributed by atoms with Crippen LogP contribution >= 0.6 is 11.6 Å². The van der Waals surface area contributed by atoms with Crippen molar-refractivity contribution in [1.29, 1.82) is 0 Å². The van der Waals surface area contributed by atoms with Gasteiger partial charge < -0.3 is 0 Å². The highest BCUT2D eigenvalue weighted by molar-refractivity contribution is 7.77. The predicted octanol–water partition coefficient (Wildman–Crippen LogP) is 0.464. The normalized spacial score (nSPS) is 17.2. The van der Waals surface area contributed by atoms with E-state index in [4.69, 9.17) is 16.2 Å². The quantitative estimate of drug-likeness (QED) is 0.269. The molecule has 0 saturated heterocycles. The third-order valence-electron chi connectivity index (χ3n) is 0.420. The summed E-state index contributed by atoms with van der Waals surface area (Å²) in [6.45, 7) is 3.27. The molecule has 0 spiro atoms. The van der Waals surface area contributed by atoms with Gasteiger partial charge in [0.05, 0.1) is 0 Å². The second kappa shape index (κ2) is 4.03. The first-order valence-electron chi connectivity index (χ1n) is 1.80. The second-order valence-electron chi connectivity index (χ2n) is 1.00. The molecule has 48 valence electrons. The van der Waals surface area contributed by atoms with Gasteiger partial charge in [-0.05, 0) is 0 Å². The molecule has 0 aromatic rings. The van der Waals surface area contributed by atoms with E-state index in [1.165, 1.54) is 6.08 Å². The molecule has 0 aliphatic heterocycles. The molecule has 0 rings (SSSR count). The standard InChI is InChI=1S/C3H6ClNO2S/c1-2-3(4)5-8(6)7/h2-3,5H,1H2,(H,6,7). The third-order valence-corrected chi connectivity index (χ3v) is 1.29. The van der Waals surface area contributed by atoms with Crippen LogP contribution in [-0.4, -0.2) is 14.3 Å². The van der Waals surface area contributed by atoms with Crippen LogP contribution in [0.5, 0.6) is 0 Å². The Morgan fingerprint density at radius 1 is 2.00 bits per heavy atom. The van der Waals surface area contributed by atoms with Crippen molar-refractivity contribution in [3.8, 4) is 0 Å². The number of alkyl halides is 1. The van der Waals surface area contributed by atoms with Crippen molar-refractivity contribution in [1.82, 2.24) is 4.72 Å². The third kappa shape index (κ3) is 4.26. The Labute approximate surface area is 55.1 Å². The van der Waals surface area contributed by atoms with Gasteiger partial charge in [-0.1, -0.05) is 6.08 Å². The summed E-state index contributed by atoms with van der Waals surface area (Å²) in [6.07, 6.45) is 1.32. The second-order valence-corrected chi connectivity index (χ2v) is 2.21. The van der Waals surface area contributed by atoms with Crippen LogP contribution in [0.2, 0.25) is 0 Å². The van der Waals surface area contributed by atoms with Gasteiger partial charge in [0.25, 0.3) is 0 Å². The summed E-state index contributed by atoms with van der Waals surface area (Å²) in [7, 11) is 0. The maximum atomic E-state index is 9.84. The van der Waals surface area contributed by atoms with E-state index in [2.05, 4.69) is 11.3 Å². The van der Waals surface area contributed by atoms with Crippen molar-refractivity contribution in [2.45, 2.75) is 5.50 Å². The molecule has 0 saturated carbocycles. The summed E-state index contributed by atoms with van der Waals surface area (Å²) in [4.78, 5) is 0. The Balaban J connectivity index is 3.38. The number of nitrogens with one attached hydrogen (secondary N) is 1. The van der Waals surface area contributed by atoms with E-state index < -0.39 is 16.8 Å². The molecule has 0 aromatic heterocycles. The lowest BCUT2D eigenvalue weighted by Crippen LogP contribution is -2.22. The van der Waals surface area contributed by atoms with Crippen LogP contribution < -0.4 is 4.72 Å². The van der Waals surface area contributed by atoms with Crippen molar-refractivity contribution < 1.29 is 8.76 Å². The van der Waals surface area contributed by atoms with Gasteiger partial charge in [0.2, 0.25) is 11.3 Å². The van der Waals surface area contributed by atoms with Crippen molar-refractivity contribution in [2.24, 2.45) is 0 Å². The zero-order valence-corrected chi connectivity index (χ0v) is 5.58. The maximum Gasteiger partial charge on any atom is 0.233 e. The summed E-state index contributed by atoms with van der Waals surface area (Å²) in [5.74, 6) is 0. The van der Waals surface area contributed by atoms with Gasteiger partial charge in [-0.25, -0.2) is 4.21 Å². The zero-order chi connectivity index (χ0) is 6.57. The average molecular weight is 156 g/mol. The summed E-state index contributed by atoms with van der Waals surface area (Å²) < 4.78 is 20.0. The fraction of sp³-hybridized carbons (Fsp3) is 0.333. The molecule has 0 heterocycles. The summed E-state index contributed by atoms with van der Waals surface area (Å²) >= 11 is 3.23. The van der Waals surface area contributed by atoms with E-state index in [0.717, 1.165) is 0 Å². The molecule has 2 unspecified atom stereocenters. The SMILES string of the molecule is C=CC(Cl)NS(=O)O. The number of halogens is 1. The van der Waals surface area contributed by atoms with Gasteiger partial charge in [-0.2, -0.15) is 4.72 Å². The smallest absolute Gasteiger partial charge is 0.233 e. The Kier molecular flexibility index (Phi) is 4.08. The van der Waals surface area contributed by atoms with Crippen LogP contribution in [0.1, 0.15) is 0 Å². The Bertz CT molecular complexity index is 107. The van der Waals surface area contributed by atoms with Crippen LogP contribution in [0.25, 0.3) is 0 Å². The van der Waals surface area contributed by atoms with Crippen LogP contribution in [0, 0.1) is 0 Å². The van der Waals surface area contributed by atoms with E-state index >= 15 is 0 Å². The van der Waals surface area contributed by atoms with Crippen molar-refractivity contribution >= 4 is 22.9 Å². The molecule has 0 aliphatic carbocycles. The van der Waals surface area contributed by atoms with Crippen LogP contribution in [0.15, 0.2) is 12.7 Å². The molecule has 0 aromatic carbocycles. The lowest BCUT2D eigenvalue weighted by Gasteiger charge is -1.98. The molecule has 0 radical (unpaired) electrons. The number of hydrogen-bond donors (Lipinski definition) is 2. The fourth-order valence-corrected chi connectivity index (χ4v) is 0.662. The largest absolute Gasteiger partial charge is 0.294 e. The van der Waals surface area contributed by atoms with E-state index in [9.17, 15) is 4.21 Å². The first-order valence-corrected chi connectivity index (χ1v) is 3.35. The fourth-order valence-electron chi connectivity index (χ4n) is 0.144. The van der Waals surface area contributed by atoms with Crippen LogP contribution in [0.4, 0.5) is 0 Å². The van der Waals surface area contributed by atoms with E-state index in [1.54, 1.807) is 0 Å². The topological polar surface area (TPSA) is 49.3 Å². The average Bonchev–Trinajstić information content (AvgIpc) is 1.65. The molecular weight excluding hydrogens is 150 g/mol. The first kappa shape index (κ1) is 8.10. The maximum absolute atomic E-state index is 9.84. The van der Waals surface area contributed by atoms with E-state index in [-0.39, 0.29) is 0 Å². The highest BCUT2D eigenvalue weighted by atomic mass is 35.5. The minimum absolute atomic E-state index is 0.638. The monoisotopic (exact) mass is 155 g/mol. The summed E-state index contributed by atoms with van der Waals surface area (Å²) in [6, 6.07) is 0. The highest BCUT2D eigenvalue weighted by Crippen LogP contribution is 1.89. The lowest BCUT2D eigenvalue weighted by atomic mass is 10.7. The molecule has 0 fully saturated rings. The Morgan fingerprint density at radius 3 is 2.62 bits per heavy atom. The van der Waals surface area contributed by atoms with E-state index in [1.807, 2.05) is 0 Å². The van der Waals surface area contributed by atoms with E-state index in [0.29, 0.717) is 0 Å². The zero-order valence-electron chi connectivity index (χ0n) is 4.00. The van der Waals surface area contributed by atoms with Crippen LogP contribution in [-0.2, 0) is 11.3 Å². The molecule has 8 heavy (non-hydrogen) atoms. The molecule has 2 atom stereocenters. The van der Waals surface area contributed by atoms with Gasteiger partial charge in [-0.3, -0.25) is 4.55 Å². The molecular formula is C3H6ClNO2S. The molecule has 0 aliphatic rings. The van der Waals surface area contributed by atoms with Crippen molar-refractivity contribution in [3.63, 3.8) is 0 Å². The van der Waals surface area contributed by atoms with Gasteiger partial charge >= 0.3 is 0 Å². The molecule has 0 amide bonds. The highest BCUT2D eigenvalue weighted by Gasteiger charge is 1.97. The minimum atomic E-state index is -2.05.